The summed E-state index contributed by atoms with van der Waals surface area (Å²) in [6.07, 6.45) is 1.58. The second kappa shape index (κ2) is 10.4. The van der Waals surface area contributed by atoms with Gasteiger partial charge in [-0.15, -0.1) is 0 Å². The number of unbranched alkanes of at least 4 members (excludes halogenated alkanes) is 4. The van der Waals surface area contributed by atoms with Crippen LogP contribution in [0.25, 0.3) is 10.8 Å². The molecule has 0 aliphatic rings. The molecule has 0 bridgehead atoms. The maximum absolute atomic E-state index is 14.5. The van der Waals surface area contributed by atoms with Gasteiger partial charge in [0.15, 0.2) is 0 Å². The summed E-state index contributed by atoms with van der Waals surface area (Å²) < 4.78 is 81.9. The number of hydrogen-bond acceptors (Lipinski definition) is 0. The fraction of sp³-hybridized carbons (Fsp3) is 0.385. The molecule has 0 amide bonds. The molecule has 32 heavy (non-hydrogen) atoms. The first-order valence-corrected chi connectivity index (χ1v) is 11.0. The van der Waals surface area contributed by atoms with Gasteiger partial charge in [-0.1, -0.05) is 56.9 Å². The third kappa shape index (κ3) is 5.84. The molecule has 0 atom stereocenters. The van der Waals surface area contributed by atoms with Gasteiger partial charge in [-0.05, 0) is 60.4 Å². The first kappa shape index (κ1) is 24.1. The normalized spacial score (nSPS) is 12.0. The van der Waals surface area contributed by atoms with E-state index in [2.05, 4.69) is 6.92 Å². The molecular weight excluding hydrogens is 426 g/mol. The van der Waals surface area contributed by atoms with Crippen LogP contribution in [0.2, 0.25) is 0 Å². The van der Waals surface area contributed by atoms with Crippen LogP contribution in [-0.4, -0.2) is 0 Å². The lowest BCUT2D eigenvalue weighted by molar-refractivity contribution is -0.139. The Morgan fingerprint density at radius 3 is 2.03 bits per heavy atom. The van der Waals surface area contributed by atoms with Crippen LogP contribution in [0.3, 0.4) is 0 Å². The molecule has 172 valence electrons. The van der Waals surface area contributed by atoms with E-state index in [-0.39, 0.29) is 23.8 Å². The minimum atomic E-state index is -4.77. The van der Waals surface area contributed by atoms with Crippen molar-refractivity contribution < 1.29 is 26.3 Å². The van der Waals surface area contributed by atoms with E-state index in [0.29, 0.717) is 29.0 Å². The van der Waals surface area contributed by atoms with Gasteiger partial charge in [0.25, 0.3) is 0 Å². The van der Waals surface area contributed by atoms with Crippen LogP contribution in [0.4, 0.5) is 26.3 Å². The quantitative estimate of drug-likeness (QED) is 0.225. The average Bonchev–Trinajstić information content (AvgIpc) is 2.72. The first-order chi connectivity index (χ1) is 15.2. The Kier molecular flexibility index (Phi) is 7.86. The van der Waals surface area contributed by atoms with Crippen molar-refractivity contribution in [2.75, 3.05) is 0 Å². The van der Waals surface area contributed by atoms with Crippen molar-refractivity contribution in [3.05, 3.63) is 82.2 Å². The van der Waals surface area contributed by atoms with Crippen LogP contribution < -0.4 is 0 Å². The lowest BCUT2D eigenvalue weighted by Gasteiger charge is -2.11. The molecule has 0 aliphatic carbocycles. The smallest absolute Gasteiger partial charge is 0.207 e. The van der Waals surface area contributed by atoms with E-state index >= 15 is 0 Å². The second-order valence-corrected chi connectivity index (χ2v) is 8.18. The third-order valence-electron chi connectivity index (χ3n) is 5.76. The van der Waals surface area contributed by atoms with E-state index in [1.165, 1.54) is 30.3 Å². The summed E-state index contributed by atoms with van der Waals surface area (Å²) in [7, 11) is 0. The van der Waals surface area contributed by atoms with E-state index in [1.54, 1.807) is 6.07 Å². The number of rotatable bonds is 9. The number of alkyl halides is 3. The number of fused-ring (bicyclic) bond motifs is 1. The van der Waals surface area contributed by atoms with Gasteiger partial charge in [-0.25, -0.2) is 13.2 Å². The van der Waals surface area contributed by atoms with Gasteiger partial charge in [0.2, 0.25) is 0 Å². The minimum absolute atomic E-state index is 0.0153. The largest absolute Gasteiger partial charge is 0.419 e. The van der Waals surface area contributed by atoms with Crippen molar-refractivity contribution in [2.24, 2.45) is 0 Å². The molecule has 0 aromatic heterocycles. The molecule has 6 heteroatoms. The van der Waals surface area contributed by atoms with Crippen LogP contribution in [-0.2, 0) is 25.4 Å². The fourth-order valence-electron chi connectivity index (χ4n) is 3.96. The number of benzene rings is 3. The summed E-state index contributed by atoms with van der Waals surface area (Å²) in [6, 6.07) is 9.01. The highest BCUT2D eigenvalue weighted by molar-refractivity contribution is 5.84. The van der Waals surface area contributed by atoms with Crippen LogP contribution in [0, 0.1) is 17.5 Å². The molecule has 3 aromatic carbocycles. The molecular formula is C26H26F6. The molecule has 0 unspecified atom stereocenters. The van der Waals surface area contributed by atoms with E-state index in [0.717, 1.165) is 32.1 Å². The molecule has 3 rings (SSSR count). The highest BCUT2D eigenvalue weighted by Gasteiger charge is 2.34. The van der Waals surface area contributed by atoms with Gasteiger partial charge in [-0.2, -0.15) is 13.2 Å². The third-order valence-corrected chi connectivity index (χ3v) is 5.76. The van der Waals surface area contributed by atoms with Gasteiger partial charge < -0.3 is 0 Å². The zero-order valence-electron chi connectivity index (χ0n) is 18.0. The predicted molar refractivity (Wildman–Crippen MR) is 115 cm³/mol. The van der Waals surface area contributed by atoms with Crippen molar-refractivity contribution in [1.82, 2.24) is 0 Å². The van der Waals surface area contributed by atoms with Crippen molar-refractivity contribution in [2.45, 2.75) is 64.5 Å². The summed E-state index contributed by atoms with van der Waals surface area (Å²) >= 11 is 0. The summed E-state index contributed by atoms with van der Waals surface area (Å²) in [5.74, 6) is -2.49. The van der Waals surface area contributed by atoms with Crippen LogP contribution in [0.5, 0.6) is 0 Å². The molecule has 0 radical (unpaired) electrons. The number of aryl methyl sites for hydroxylation is 2. The van der Waals surface area contributed by atoms with Crippen molar-refractivity contribution >= 4 is 10.8 Å². The molecule has 3 aromatic rings. The fourth-order valence-corrected chi connectivity index (χ4v) is 3.96. The molecule has 0 saturated heterocycles. The van der Waals surface area contributed by atoms with Crippen molar-refractivity contribution in [3.63, 3.8) is 0 Å². The molecule has 0 nitrogen and oxygen atoms in total. The summed E-state index contributed by atoms with van der Waals surface area (Å²) in [5.41, 5.74) is -0.0249. The zero-order chi connectivity index (χ0) is 23.3. The molecule has 0 heterocycles. The van der Waals surface area contributed by atoms with Crippen molar-refractivity contribution in [3.8, 4) is 0 Å². The molecule has 0 spiro atoms. The minimum Gasteiger partial charge on any atom is -0.207 e. The second-order valence-electron chi connectivity index (χ2n) is 8.18. The Morgan fingerprint density at radius 2 is 1.38 bits per heavy atom. The van der Waals surface area contributed by atoms with Gasteiger partial charge in [0.1, 0.15) is 17.5 Å². The standard InChI is InChI=1S/C26H26F6/c1-2-3-4-5-6-7-18-15-23(27)21(24(28)16-18)12-9-17-8-11-20-19(14-17)10-13-22(25(20)29)26(30,31)32/h8,10-11,13-16H,2-7,9,12H2,1H3. The monoisotopic (exact) mass is 452 g/mol. The van der Waals surface area contributed by atoms with E-state index in [1.807, 2.05) is 0 Å². The highest BCUT2D eigenvalue weighted by atomic mass is 19.4. The van der Waals surface area contributed by atoms with E-state index in [4.69, 9.17) is 0 Å². The number of halogens is 6. The average molecular weight is 452 g/mol. The van der Waals surface area contributed by atoms with E-state index < -0.39 is 29.2 Å². The maximum Gasteiger partial charge on any atom is 0.419 e. The lowest BCUT2D eigenvalue weighted by Crippen LogP contribution is -2.08. The Hall–Kier alpha value is -2.50. The predicted octanol–water partition coefficient (Wildman–Crippen LogP) is 8.57. The van der Waals surface area contributed by atoms with E-state index in [9.17, 15) is 26.3 Å². The van der Waals surface area contributed by atoms with Crippen molar-refractivity contribution in [1.29, 1.82) is 0 Å². The molecule has 0 aliphatic heterocycles. The molecule has 0 N–H and O–H groups in total. The summed E-state index contributed by atoms with van der Waals surface area (Å²) in [5, 5.41) is 0.177. The zero-order valence-corrected chi connectivity index (χ0v) is 18.0. The molecule has 0 saturated carbocycles. The maximum atomic E-state index is 14.5. The number of hydrogen-bond donors (Lipinski definition) is 0. The van der Waals surface area contributed by atoms with Gasteiger partial charge >= 0.3 is 6.18 Å². The Bertz CT molecular complexity index is 1040. The van der Waals surface area contributed by atoms with Gasteiger partial charge in [-0.3, -0.25) is 0 Å². The highest BCUT2D eigenvalue weighted by Crippen LogP contribution is 2.34. The Labute approximate surface area is 184 Å². The Morgan fingerprint density at radius 1 is 0.688 bits per heavy atom. The molecule has 0 fully saturated rings. The van der Waals surface area contributed by atoms with Gasteiger partial charge in [0.05, 0.1) is 5.56 Å². The van der Waals surface area contributed by atoms with Crippen LogP contribution in [0.1, 0.15) is 61.3 Å². The van der Waals surface area contributed by atoms with Crippen LogP contribution >= 0.6 is 0 Å². The summed E-state index contributed by atoms with van der Waals surface area (Å²) in [6.45, 7) is 2.13. The SMILES string of the molecule is CCCCCCCc1cc(F)c(CCc2ccc3c(F)c(C(F)(F)F)ccc3c2)c(F)c1. The summed E-state index contributed by atoms with van der Waals surface area (Å²) in [4.78, 5) is 0. The lowest BCUT2D eigenvalue weighted by atomic mass is 9.97. The van der Waals surface area contributed by atoms with Crippen LogP contribution in [0.15, 0.2) is 42.5 Å². The topological polar surface area (TPSA) is 0 Å². The Balaban J connectivity index is 1.69. The first-order valence-electron chi connectivity index (χ1n) is 11.0. The van der Waals surface area contributed by atoms with Gasteiger partial charge in [0, 0.05) is 10.9 Å².